The number of hydrogen-bond acceptors (Lipinski definition) is 2. The molecule has 0 saturated heterocycles. The van der Waals surface area contributed by atoms with Gasteiger partial charge in [0, 0.05) is 11.3 Å². The van der Waals surface area contributed by atoms with E-state index in [0.29, 0.717) is 5.69 Å². The van der Waals surface area contributed by atoms with Crippen molar-refractivity contribution in [2.45, 2.75) is 6.92 Å². The molecule has 0 aliphatic rings. The van der Waals surface area contributed by atoms with Gasteiger partial charge in [-0.25, -0.2) is 4.79 Å². The van der Waals surface area contributed by atoms with E-state index in [0.717, 1.165) is 11.3 Å². The number of H-pyrrole nitrogens is 2. The van der Waals surface area contributed by atoms with Gasteiger partial charge in [-0.3, -0.25) is 0 Å². The van der Waals surface area contributed by atoms with Crippen LogP contribution in [0.25, 0.3) is 11.3 Å². The molecule has 14 heavy (non-hydrogen) atoms. The SMILES string of the molecule is Cc1[nH]c(=O)[nH]c1-c1cccc(O)c1. The lowest BCUT2D eigenvalue weighted by Gasteiger charge is -1.99. The maximum absolute atomic E-state index is 11.0. The largest absolute Gasteiger partial charge is 0.508 e. The van der Waals surface area contributed by atoms with Gasteiger partial charge >= 0.3 is 5.69 Å². The predicted octanol–water partition coefficient (Wildman–Crippen LogP) is 1.38. The molecule has 2 aromatic rings. The summed E-state index contributed by atoms with van der Waals surface area (Å²) in [6, 6.07) is 6.75. The van der Waals surface area contributed by atoms with Gasteiger partial charge in [0.1, 0.15) is 5.75 Å². The van der Waals surface area contributed by atoms with Gasteiger partial charge < -0.3 is 15.1 Å². The summed E-state index contributed by atoms with van der Waals surface area (Å²) in [5.41, 5.74) is 2.04. The van der Waals surface area contributed by atoms with E-state index in [-0.39, 0.29) is 11.4 Å². The third kappa shape index (κ3) is 1.42. The Balaban J connectivity index is 2.59. The number of aromatic hydroxyl groups is 1. The van der Waals surface area contributed by atoms with E-state index in [4.69, 9.17) is 0 Å². The molecule has 1 aromatic carbocycles. The lowest BCUT2D eigenvalue weighted by atomic mass is 10.1. The molecule has 3 N–H and O–H groups in total. The summed E-state index contributed by atoms with van der Waals surface area (Å²) in [5, 5.41) is 9.27. The number of rotatable bonds is 1. The minimum Gasteiger partial charge on any atom is -0.508 e. The minimum absolute atomic E-state index is 0.184. The fourth-order valence-corrected chi connectivity index (χ4v) is 1.42. The molecule has 0 spiro atoms. The van der Waals surface area contributed by atoms with Crippen molar-refractivity contribution in [3.05, 3.63) is 40.4 Å². The molecule has 0 saturated carbocycles. The minimum atomic E-state index is -0.235. The van der Waals surface area contributed by atoms with Crippen molar-refractivity contribution in [3.8, 4) is 17.0 Å². The van der Waals surface area contributed by atoms with Crippen LogP contribution in [0.15, 0.2) is 29.1 Å². The first-order valence-electron chi connectivity index (χ1n) is 4.25. The van der Waals surface area contributed by atoms with Crippen molar-refractivity contribution in [2.24, 2.45) is 0 Å². The standard InChI is InChI=1S/C10H10N2O2/c1-6-9(12-10(14)11-6)7-3-2-4-8(13)5-7/h2-5,13H,1H3,(H2,11,12,14). The van der Waals surface area contributed by atoms with Gasteiger partial charge in [-0.2, -0.15) is 0 Å². The van der Waals surface area contributed by atoms with Gasteiger partial charge in [0.2, 0.25) is 0 Å². The van der Waals surface area contributed by atoms with Crippen molar-refractivity contribution in [2.75, 3.05) is 0 Å². The quantitative estimate of drug-likeness (QED) is 0.635. The fourth-order valence-electron chi connectivity index (χ4n) is 1.42. The van der Waals surface area contributed by atoms with Crippen LogP contribution >= 0.6 is 0 Å². The van der Waals surface area contributed by atoms with Crippen LogP contribution in [0, 0.1) is 6.92 Å². The van der Waals surface area contributed by atoms with Gasteiger partial charge in [-0.1, -0.05) is 12.1 Å². The van der Waals surface area contributed by atoms with Crippen LogP contribution in [0.2, 0.25) is 0 Å². The number of hydrogen-bond donors (Lipinski definition) is 3. The molecule has 1 heterocycles. The first-order valence-corrected chi connectivity index (χ1v) is 4.25. The molecule has 0 aliphatic heterocycles. The Hall–Kier alpha value is -1.97. The maximum Gasteiger partial charge on any atom is 0.323 e. The Bertz CT molecular complexity index is 511. The first kappa shape index (κ1) is 8.62. The van der Waals surface area contributed by atoms with Gasteiger partial charge in [0.05, 0.1) is 5.69 Å². The molecule has 4 heteroatoms. The van der Waals surface area contributed by atoms with E-state index in [1.54, 1.807) is 25.1 Å². The average molecular weight is 190 g/mol. The van der Waals surface area contributed by atoms with Gasteiger partial charge in [-0.15, -0.1) is 0 Å². The second-order valence-corrected chi connectivity index (χ2v) is 3.13. The van der Waals surface area contributed by atoms with Crippen molar-refractivity contribution >= 4 is 0 Å². The molecule has 0 radical (unpaired) electrons. The van der Waals surface area contributed by atoms with E-state index in [1.165, 1.54) is 0 Å². The molecule has 1 aromatic heterocycles. The monoisotopic (exact) mass is 190 g/mol. The number of phenols is 1. The van der Waals surface area contributed by atoms with Crippen LogP contribution in [-0.2, 0) is 0 Å². The summed E-state index contributed by atoms with van der Waals surface area (Å²) < 4.78 is 0. The number of aromatic amines is 2. The van der Waals surface area contributed by atoms with E-state index in [1.807, 2.05) is 6.07 Å². The van der Waals surface area contributed by atoms with Crippen LogP contribution in [-0.4, -0.2) is 15.1 Å². The molecular weight excluding hydrogens is 180 g/mol. The summed E-state index contributed by atoms with van der Waals surface area (Å²) in [6.45, 7) is 1.80. The van der Waals surface area contributed by atoms with Crippen LogP contribution in [0.4, 0.5) is 0 Å². The van der Waals surface area contributed by atoms with Gasteiger partial charge in [-0.05, 0) is 19.1 Å². The number of imidazole rings is 1. The van der Waals surface area contributed by atoms with Crippen molar-refractivity contribution < 1.29 is 5.11 Å². The third-order valence-corrected chi connectivity index (χ3v) is 2.05. The third-order valence-electron chi connectivity index (χ3n) is 2.05. The Morgan fingerprint density at radius 1 is 1.29 bits per heavy atom. The van der Waals surface area contributed by atoms with Crippen molar-refractivity contribution in [1.82, 2.24) is 9.97 Å². The Kier molecular flexibility index (Phi) is 1.89. The average Bonchev–Trinajstić information content (AvgIpc) is 2.45. The molecule has 0 amide bonds. The highest BCUT2D eigenvalue weighted by Crippen LogP contribution is 2.22. The summed E-state index contributed by atoms with van der Waals surface area (Å²) in [5.74, 6) is 0.184. The molecule has 4 nitrogen and oxygen atoms in total. The normalized spacial score (nSPS) is 10.4. The second-order valence-electron chi connectivity index (χ2n) is 3.13. The lowest BCUT2D eigenvalue weighted by Crippen LogP contribution is -2.00. The summed E-state index contributed by atoms with van der Waals surface area (Å²) in [6.07, 6.45) is 0. The van der Waals surface area contributed by atoms with Gasteiger partial charge in [0.15, 0.2) is 0 Å². The molecule has 0 aliphatic carbocycles. The molecule has 72 valence electrons. The van der Waals surface area contributed by atoms with Crippen molar-refractivity contribution in [3.63, 3.8) is 0 Å². The lowest BCUT2D eigenvalue weighted by molar-refractivity contribution is 0.475. The van der Waals surface area contributed by atoms with E-state index in [9.17, 15) is 9.90 Å². The Morgan fingerprint density at radius 3 is 2.64 bits per heavy atom. The van der Waals surface area contributed by atoms with Crippen molar-refractivity contribution in [1.29, 1.82) is 0 Å². The smallest absolute Gasteiger partial charge is 0.323 e. The molecule has 0 bridgehead atoms. The highest BCUT2D eigenvalue weighted by Gasteiger charge is 2.05. The molecule has 2 rings (SSSR count). The van der Waals surface area contributed by atoms with Crippen LogP contribution in [0.1, 0.15) is 5.69 Å². The summed E-state index contributed by atoms with van der Waals surface area (Å²) in [7, 11) is 0. The summed E-state index contributed by atoms with van der Waals surface area (Å²) >= 11 is 0. The van der Waals surface area contributed by atoms with Crippen LogP contribution in [0.3, 0.4) is 0 Å². The van der Waals surface area contributed by atoms with E-state index >= 15 is 0 Å². The highest BCUT2D eigenvalue weighted by atomic mass is 16.3. The zero-order valence-electron chi connectivity index (χ0n) is 7.66. The zero-order valence-corrected chi connectivity index (χ0v) is 7.66. The van der Waals surface area contributed by atoms with E-state index in [2.05, 4.69) is 9.97 Å². The van der Waals surface area contributed by atoms with Crippen LogP contribution < -0.4 is 5.69 Å². The maximum atomic E-state index is 11.0. The van der Waals surface area contributed by atoms with Gasteiger partial charge in [0.25, 0.3) is 0 Å². The summed E-state index contributed by atoms with van der Waals surface area (Å²) in [4.78, 5) is 16.3. The fraction of sp³-hybridized carbons (Fsp3) is 0.100. The Morgan fingerprint density at radius 2 is 2.07 bits per heavy atom. The highest BCUT2D eigenvalue weighted by molar-refractivity contribution is 5.62. The molecule has 0 fully saturated rings. The Labute approximate surface area is 80.2 Å². The van der Waals surface area contributed by atoms with E-state index < -0.39 is 0 Å². The first-order chi connectivity index (χ1) is 6.66. The number of aryl methyl sites for hydroxylation is 1. The number of aromatic nitrogens is 2. The molecular formula is C10H10N2O2. The number of nitrogens with one attached hydrogen (secondary N) is 2. The number of benzene rings is 1. The van der Waals surface area contributed by atoms with Crippen LogP contribution in [0.5, 0.6) is 5.75 Å². The molecule has 0 unspecified atom stereocenters. The second kappa shape index (κ2) is 3.06. The predicted molar refractivity (Wildman–Crippen MR) is 53.3 cm³/mol. The zero-order chi connectivity index (χ0) is 10.1. The molecule has 0 atom stereocenters. The topological polar surface area (TPSA) is 68.9 Å². The number of phenolic OH excluding ortho intramolecular Hbond substituents is 1.